The van der Waals surface area contributed by atoms with Crippen LogP contribution in [0.15, 0.2) is 41.3 Å². The van der Waals surface area contributed by atoms with E-state index in [-0.39, 0.29) is 4.90 Å². The maximum atomic E-state index is 11.2. The first-order valence-corrected chi connectivity index (χ1v) is 8.36. The number of halogens is 1. The summed E-state index contributed by atoms with van der Waals surface area (Å²) in [5.74, 6) is 1.14. The van der Waals surface area contributed by atoms with Crippen LogP contribution in [-0.4, -0.2) is 8.42 Å². The Morgan fingerprint density at radius 1 is 1.10 bits per heavy atom. The van der Waals surface area contributed by atoms with Crippen LogP contribution in [0.3, 0.4) is 0 Å². The Labute approximate surface area is 128 Å². The summed E-state index contributed by atoms with van der Waals surface area (Å²) in [5.41, 5.74) is 2.24. The number of hydrogen-bond acceptors (Lipinski definition) is 4. The maximum absolute atomic E-state index is 11.2. The Morgan fingerprint density at radius 3 is 2.05 bits per heavy atom. The minimum absolute atomic E-state index is 0.0183. The second kappa shape index (κ2) is 5.76. The zero-order valence-corrected chi connectivity index (χ0v) is 13.0. The van der Waals surface area contributed by atoms with Gasteiger partial charge in [0.1, 0.15) is 11.5 Å². The molecule has 0 aliphatic carbocycles. The number of aryl methyl sites for hydroxylation is 2. The lowest BCUT2D eigenvalue weighted by Crippen LogP contribution is -1.94. The van der Waals surface area contributed by atoms with Gasteiger partial charge in [-0.2, -0.15) is 5.26 Å². The molecule has 2 aromatic carbocycles. The van der Waals surface area contributed by atoms with Gasteiger partial charge in [0.2, 0.25) is 0 Å². The molecule has 0 saturated carbocycles. The van der Waals surface area contributed by atoms with E-state index in [2.05, 4.69) is 6.07 Å². The molecule has 2 aromatic rings. The van der Waals surface area contributed by atoms with E-state index in [0.717, 1.165) is 11.1 Å². The fourth-order valence-corrected chi connectivity index (χ4v) is 2.73. The van der Waals surface area contributed by atoms with Gasteiger partial charge in [0.25, 0.3) is 9.05 Å². The Balaban J connectivity index is 2.33. The molecule has 0 radical (unpaired) electrons. The van der Waals surface area contributed by atoms with Gasteiger partial charge in [-0.05, 0) is 61.4 Å². The molecule has 0 heterocycles. The predicted molar refractivity (Wildman–Crippen MR) is 80.2 cm³/mol. The molecule has 0 amide bonds. The van der Waals surface area contributed by atoms with Gasteiger partial charge in [0, 0.05) is 10.7 Å². The van der Waals surface area contributed by atoms with Crippen molar-refractivity contribution in [3.63, 3.8) is 0 Å². The highest BCUT2D eigenvalue weighted by molar-refractivity contribution is 8.13. The number of hydrogen-bond donors (Lipinski definition) is 0. The molecule has 0 fully saturated rings. The highest BCUT2D eigenvalue weighted by atomic mass is 35.7. The number of rotatable bonds is 3. The van der Waals surface area contributed by atoms with E-state index in [0.29, 0.717) is 17.1 Å². The molecule has 0 aliphatic rings. The third-order valence-corrected chi connectivity index (χ3v) is 4.28. The molecule has 108 valence electrons. The van der Waals surface area contributed by atoms with Gasteiger partial charge in [0.05, 0.1) is 16.5 Å². The second-order valence-corrected chi connectivity index (χ2v) is 7.13. The fourth-order valence-electron chi connectivity index (χ4n) is 1.96. The van der Waals surface area contributed by atoms with Crippen molar-refractivity contribution in [2.24, 2.45) is 0 Å². The first kappa shape index (κ1) is 15.4. The van der Waals surface area contributed by atoms with Crippen LogP contribution in [0.5, 0.6) is 11.5 Å². The van der Waals surface area contributed by atoms with Crippen molar-refractivity contribution in [3.8, 4) is 17.6 Å². The van der Waals surface area contributed by atoms with E-state index in [1.54, 1.807) is 12.1 Å². The Kier molecular flexibility index (Phi) is 4.21. The highest BCUT2D eigenvalue weighted by Crippen LogP contribution is 2.30. The summed E-state index contributed by atoms with van der Waals surface area (Å²) in [6, 6.07) is 11.4. The second-order valence-electron chi connectivity index (χ2n) is 4.56. The van der Waals surface area contributed by atoms with Gasteiger partial charge in [0.15, 0.2) is 0 Å². The molecule has 0 N–H and O–H groups in total. The summed E-state index contributed by atoms with van der Waals surface area (Å²) in [6.07, 6.45) is 0. The van der Waals surface area contributed by atoms with Crippen LogP contribution >= 0.6 is 10.7 Å². The van der Waals surface area contributed by atoms with Crippen molar-refractivity contribution in [1.82, 2.24) is 0 Å². The summed E-state index contributed by atoms with van der Waals surface area (Å²) < 4.78 is 28.1. The van der Waals surface area contributed by atoms with Crippen LogP contribution in [0.1, 0.15) is 16.7 Å². The van der Waals surface area contributed by atoms with Gasteiger partial charge >= 0.3 is 0 Å². The standard InChI is InChI=1S/C15H12ClNO3S/c1-10-7-12(9-17)8-11(2)15(10)20-13-3-5-14(6-4-13)21(16,18)19/h3-8H,1-2H3. The molecule has 6 heteroatoms. The predicted octanol–water partition coefficient (Wildman–Crippen LogP) is 3.89. The van der Waals surface area contributed by atoms with E-state index in [1.807, 2.05) is 13.8 Å². The Hall–Kier alpha value is -2.03. The fraction of sp³-hybridized carbons (Fsp3) is 0.133. The Bertz CT molecular complexity index is 798. The molecule has 2 rings (SSSR count). The number of ether oxygens (including phenoxy) is 1. The molecule has 0 aliphatic heterocycles. The van der Waals surface area contributed by atoms with Crippen LogP contribution in [0.25, 0.3) is 0 Å². The summed E-state index contributed by atoms with van der Waals surface area (Å²) in [7, 11) is 1.52. The number of nitrogens with zero attached hydrogens (tertiary/aromatic N) is 1. The summed E-state index contributed by atoms with van der Waals surface area (Å²) >= 11 is 0. The minimum Gasteiger partial charge on any atom is -0.457 e. The highest BCUT2D eigenvalue weighted by Gasteiger charge is 2.11. The molecule has 0 atom stereocenters. The van der Waals surface area contributed by atoms with Gasteiger partial charge in [-0.15, -0.1) is 0 Å². The van der Waals surface area contributed by atoms with E-state index in [9.17, 15) is 8.42 Å². The maximum Gasteiger partial charge on any atom is 0.261 e. The van der Waals surface area contributed by atoms with Crippen LogP contribution in [0, 0.1) is 25.2 Å². The summed E-state index contributed by atoms with van der Waals surface area (Å²) in [5, 5.41) is 8.91. The van der Waals surface area contributed by atoms with E-state index < -0.39 is 9.05 Å². The van der Waals surface area contributed by atoms with Crippen molar-refractivity contribution in [2.75, 3.05) is 0 Å². The first-order valence-electron chi connectivity index (χ1n) is 6.05. The lowest BCUT2D eigenvalue weighted by atomic mass is 10.1. The topological polar surface area (TPSA) is 67.2 Å². The quantitative estimate of drug-likeness (QED) is 0.804. The lowest BCUT2D eigenvalue weighted by Gasteiger charge is -2.12. The molecule has 21 heavy (non-hydrogen) atoms. The normalized spacial score (nSPS) is 11.0. The average molecular weight is 322 g/mol. The zero-order valence-electron chi connectivity index (χ0n) is 11.4. The Morgan fingerprint density at radius 2 is 1.62 bits per heavy atom. The number of benzene rings is 2. The SMILES string of the molecule is Cc1cc(C#N)cc(C)c1Oc1ccc(S(=O)(=O)Cl)cc1. The molecule has 4 nitrogen and oxygen atoms in total. The van der Waals surface area contributed by atoms with Gasteiger partial charge < -0.3 is 4.74 Å². The van der Waals surface area contributed by atoms with Crippen molar-refractivity contribution >= 4 is 19.7 Å². The van der Waals surface area contributed by atoms with Crippen molar-refractivity contribution in [2.45, 2.75) is 18.7 Å². The van der Waals surface area contributed by atoms with Crippen molar-refractivity contribution in [3.05, 3.63) is 53.1 Å². The average Bonchev–Trinajstić information content (AvgIpc) is 2.42. The van der Waals surface area contributed by atoms with Crippen LogP contribution in [0.2, 0.25) is 0 Å². The van der Waals surface area contributed by atoms with E-state index >= 15 is 0 Å². The monoisotopic (exact) mass is 321 g/mol. The third-order valence-electron chi connectivity index (χ3n) is 2.91. The molecular formula is C15H12ClNO3S. The third kappa shape index (κ3) is 3.54. The molecule has 0 bridgehead atoms. The van der Waals surface area contributed by atoms with Gasteiger partial charge in [-0.25, -0.2) is 8.42 Å². The minimum atomic E-state index is -3.74. The smallest absolute Gasteiger partial charge is 0.261 e. The van der Waals surface area contributed by atoms with Gasteiger partial charge in [-0.3, -0.25) is 0 Å². The molecule has 0 spiro atoms. The van der Waals surface area contributed by atoms with Gasteiger partial charge in [-0.1, -0.05) is 0 Å². The molecule has 0 aromatic heterocycles. The molecule has 0 unspecified atom stereocenters. The zero-order chi connectivity index (χ0) is 15.6. The summed E-state index contributed by atoms with van der Waals surface area (Å²) in [4.78, 5) is 0.0183. The van der Waals surface area contributed by atoms with E-state index in [1.165, 1.54) is 24.3 Å². The van der Waals surface area contributed by atoms with Crippen molar-refractivity contribution < 1.29 is 13.2 Å². The van der Waals surface area contributed by atoms with Crippen LogP contribution in [-0.2, 0) is 9.05 Å². The molecular weight excluding hydrogens is 310 g/mol. The first-order chi connectivity index (χ1) is 9.81. The van der Waals surface area contributed by atoms with Crippen LogP contribution in [0.4, 0.5) is 0 Å². The van der Waals surface area contributed by atoms with E-state index in [4.69, 9.17) is 20.7 Å². The van der Waals surface area contributed by atoms with Crippen LogP contribution < -0.4 is 4.74 Å². The largest absolute Gasteiger partial charge is 0.457 e. The lowest BCUT2D eigenvalue weighted by molar-refractivity contribution is 0.474. The summed E-state index contributed by atoms with van der Waals surface area (Å²) in [6.45, 7) is 3.70. The van der Waals surface area contributed by atoms with Crippen molar-refractivity contribution in [1.29, 1.82) is 5.26 Å². The number of nitriles is 1. The molecule has 0 saturated heterocycles.